The van der Waals surface area contributed by atoms with E-state index in [4.69, 9.17) is 4.74 Å². The molecular formula is C13H21NO5. The minimum atomic E-state index is -1.31. The van der Waals surface area contributed by atoms with Crippen LogP contribution in [0.2, 0.25) is 0 Å². The van der Waals surface area contributed by atoms with Crippen molar-refractivity contribution in [2.24, 2.45) is 5.41 Å². The highest BCUT2D eigenvalue weighted by Crippen LogP contribution is 2.53. The van der Waals surface area contributed by atoms with Crippen molar-refractivity contribution >= 4 is 12.1 Å². The number of rotatable bonds is 2. The van der Waals surface area contributed by atoms with Crippen LogP contribution in [0.5, 0.6) is 0 Å². The number of ether oxygens (including phenoxy) is 1. The molecule has 0 aromatic carbocycles. The monoisotopic (exact) mass is 271 g/mol. The lowest BCUT2D eigenvalue weighted by atomic mass is 9.56. The number of hydrogen-bond acceptors (Lipinski definition) is 4. The van der Waals surface area contributed by atoms with E-state index in [0.717, 1.165) is 6.42 Å². The van der Waals surface area contributed by atoms with Gasteiger partial charge in [0.2, 0.25) is 0 Å². The Morgan fingerprint density at radius 1 is 1.21 bits per heavy atom. The van der Waals surface area contributed by atoms with Crippen LogP contribution in [-0.4, -0.2) is 51.5 Å². The van der Waals surface area contributed by atoms with Crippen molar-refractivity contribution in [3.8, 4) is 0 Å². The molecule has 108 valence electrons. The van der Waals surface area contributed by atoms with E-state index in [-0.39, 0.29) is 13.1 Å². The number of aliphatic hydroxyl groups is 1. The average molecular weight is 271 g/mol. The molecule has 0 radical (unpaired) electrons. The number of aliphatic carboxylic acids is 1. The van der Waals surface area contributed by atoms with Gasteiger partial charge in [0.1, 0.15) is 11.2 Å². The summed E-state index contributed by atoms with van der Waals surface area (Å²) in [5.41, 5.74) is -2.98. The second-order valence-electron chi connectivity index (χ2n) is 6.61. The lowest BCUT2D eigenvalue weighted by Crippen LogP contribution is -2.74. The molecule has 6 heteroatoms. The molecule has 0 spiro atoms. The molecule has 2 fully saturated rings. The fourth-order valence-corrected chi connectivity index (χ4v) is 2.75. The lowest BCUT2D eigenvalue weighted by Gasteiger charge is -2.58. The van der Waals surface area contributed by atoms with Gasteiger partial charge in [0, 0.05) is 0 Å². The Morgan fingerprint density at radius 3 is 2.05 bits per heavy atom. The summed E-state index contributed by atoms with van der Waals surface area (Å²) in [7, 11) is 0. The number of amides is 1. The summed E-state index contributed by atoms with van der Waals surface area (Å²) in [6.07, 6.45) is 1.25. The van der Waals surface area contributed by atoms with Gasteiger partial charge >= 0.3 is 12.1 Å². The van der Waals surface area contributed by atoms with Crippen molar-refractivity contribution in [2.75, 3.05) is 13.1 Å². The van der Waals surface area contributed by atoms with Crippen molar-refractivity contribution in [3.63, 3.8) is 0 Å². The summed E-state index contributed by atoms with van der Waals surface area (Å²) < 4.78 is 5.19. The maximum Gasteiger partial charge on any atom is 0.410 e. The molecule has 19 heavy (non-hydrogen) atoms. The molecule has 2 aliphatic rings. The molecule has 0 aromatic rings. The molecule has 2 N–H and O–H groups in total. The Kier molecular flexibility index (Phi) is 3.04. The van der Waals surface area contributed by atoms with E-state index in [2.05, 4.69) is 0 Å². The van der Waals surface area contributed by atoms with Gasteiger partial charge in [-0.15, -0.1) is 0 Å². The van der Waals surface area contributed by atoms with Gasteiger partial charge in [0.05, 0.1) is 18.5 Å². The van der Waals surface area contributed by atoms with E-state index in [0.29, 0.717) is 12.8 Å². The summed E-state index contributed by atoms with van der Waals surface area (Å²) in [5.74, 6) is -0.968. The molecule has 2 rings (SSSR count). The first-order chi connectivity index (χ1) is 8.60. The van der Waals surface area contributed by atoms with E-state index in [9.17, 15) is 19.8 Å². The number of carboxylic acids is 1. The third-order valence-corrected chi connectivity index (χ3v) is 4.06. The van der Waals surface area contributed by atoms with E-state index in [1.54, 1.807) is 20.8 Å². The third kappa shape index (κ3) is 2.18. The number of carbonyl (C=O) groups excluding carboxylic acids is 1. The van der Waals surface area contributed by atoms with Crippen molar-refractivity contribution in [1.29, 1.82) is 0 Å². The van der Waals surface area contributed by atoms with Crippen LogP contribution in [0.4, 0.5) is 4.79 Å². The van der Waals surface area contributed by atoms with Crippen molar-refractivity contribution in [2.45, 2.75) is 51.2 Å². The molecule has 1 saturated carbocycles. The molecule has 1 saturated heterocycles. The Hall–Kier alpha value is -1.30. The van der Waals surface area contributed by atoms with Crippen LogP contribution in [0, 0.1) is 5.41 Å². The fraction of sp³-hybridized carbons (Fsp3) is 0.846. The van der Waals surface area contributed by atoms with Crippen LogP contribution in [0.15, 0.2) is 0 Å². The molecule has 6 nitrogen and oxygen atoms in total. The third-order valence-electron chi connectivity index (χ3n) is 4.06. The molecule has 0 bridgehead atoms. The van der Waals surface area contributed by atoms with Gasteiger partial charge in [-0.3, -0.25) is 4.79 Å². The van der Waals surface area contributed by atoms with Crippen LogP contribution in [0.3, 0.4) is 0 Å². The Morgan fingerprint density at radius 2 is 1.74 bits per heavy atom. The van der Waals surface area contributed by atoms with Crippen LogP contribution >= 0.6 is 0 Å². The van der Waals surface area contributed by atoms with Crippen molar-refractivity contribution < 1.29 is 24.5 Å². The highest BCUT2D eigenvalue weighted by Gasteiger charge is 2.65. The first kappa shape index (κ1) is 14.1. The molecule has 0 unspecified atom stereocenters. The number of β-amino-alcohol motifs (C(OH)–C–C–N with tert-alkyl or cyclic N) is 1. The number of carboxylic acid groups (broad SMARTS) is 1. The van der Waals surface area contributed by atoms with Crippen LogP contribution in [0.1, 0.15) is 40.0 Å². The van der Waals surface area contributed by atoms with Crippen LogP contribution < -0.4 is 0 Å². The Balaban J connectivity index is 1.98. The number of nitrogens with zero attached hydrogens (tertiary/aromatic N) is 1. The zero-order chi connectivity index (χ0) is 14.5. The summed E-state index contributed by atoms with van der Waals surface area (Å²) >= 11 is 0. The minimum absolute atomic E-state index is 0.0359. The van der Waals surface area contributed by atoms with Crippen LogP contribution in [-0.2, 0) is 9.53 Å². The molecule has 1 aliphatic carbocycles. The number of carbonyl (C=O) groups is 2. The highest BCUT2D eigenvalue weighted by molar-refractivity contribution is 5.79. The van der Waals surface area contributed by atoms with E-state index in [1.807, 2.05) is 0 Å². The standard InChI is InChI=1S/C13H21NO5/c1-11(2,3)19-10(17)14-7-13(18,8-14)12(9(15)16)5-4-6-12/h18H,4-8H2,1-3H3,(H,15,16). The Labute approximate surface area is 112 Å². The molecule has 1 aliphatic heterocycles. The summed E-state index contributed by atoms with van der Waals surface area (Å²) in [4.78, 5) is 24.5. The fourth-order valence-electron chi connectivity index (χ4n) is 2.75. The van der Waals surface area contributed by atoms with Crippen LogP contribution in [0.25, 0.3) is 0 Å². The molecule has 1 amide bonds. The van der Waals surface area contributed by atoms with Crippen molar-refractivity contribution in [3.05, 3.63) is 0 Å². The van der Waals surface area contributed by atoms with E-state index < -0.39 is 28.7 Å². The number of likely N-dealkylation sites (tertiary alicyclic amines) is 1. The highest BCUT2D eigenvalue weighted by atomic mass is 16.6. The van der Waals surface area contributed by atoms with Gasteiger partial charge in [-0.25, -0.2) is 4.79 Å². The zero-order valence-electron chi connectivity index (χ0n) is 11.6. The second kappa shape index (κ2) is 4.10. The lowest BCUT2D eigenvalue weighted by molar-refractivity contribution is -0.215. The second-order valence-corrected chi connectivity index (χ2v) is 6.61. The van der Waals surface area contributed by atoms with Gasteiger partial charge in [0.15, 0.2) is 0 Å². The SMILES string of the molecule is CC(C)(C)OC(=O)N1CC(O)(C2(C(=O)O)CCC2)C1. The summed E-state index contributed by atoms with van der Waals surface area (Å²) in [6, 6.07) is 0. The van der Waals surface area contributed by atoms with E-state index >= 15 is 0 Å². The normalized spacial score (nSPS) is 24.1. The summed E-state index contributed by atoms with van der Waals surface area (Å²) in [6.45, 7) is 5.37. The first-order valence-corrected chi connectivity index (χ1v) is 6.53. The maximum atomic E-state index is 11.8. The zero-order valence-corrected chi connectivity index (χ0v) is 11.6. The number of hydrogen-bond donors (Lipinski definition) is 2. The molecule has 0 atom stereocenters. The van der Waals surface area contributed by atoms with E-state index in [1.165, 1.54) is 4.90 Å². The largest absolute Gasteiger partial charge is 0.481 e. The predicted molar refractivity (Wildman–Crippen MR) is 66.7 cm³/mol. The topological polar surface area (TPSA) is 87.1 Å². The van der Waals surface area contributed by atoms with Crippen molar-refractivity contribution in [1.82, 2.24) is 4.90 Å². The molecule has 1 heterocycles. The summed E-state index contributed by atoms with van der Waals surface area (Å²) in [5, 5.41) is 19.7. The quantitative estimate of drug-likeness (QED) is 0.788. The maximum absolute atomic E-state index is 11.8. The van der Waals surface area contributed by atoms with Gasteiger partial charge in [0.25, 0.3) is 0 Å². The predicted octanol–water partition coefficient (Wildman–Crippen LogP) is 1.22. The van der Waals surface area contributed by atoms with Gasteiger partial charge in [-0.2, -0.15) is 0 Å². The first-order valence-electron chi connectivity index (χ1n) is 6.53. The average Bonchev–Trinajstić information content (AvgIpc) is 2.07. The molecule has 0 aromatic heterocycles. The van der Waals surface area contributed by atoms with Gasteiger partial charge in [-0.1, -0.05) is 6.42 Å². The van der Waals surface area contributed by atoms with Gasteiger partial charge in [-0.05, 0) is 33.6 Å². The minimum Gasteiger partial charge on any atom is -0.481 e. The smallest absolute Gasteiger partial charge is 0.410 e. The molecular weight excluding hydrogens is 250 g/mol. The Bertz CT molecular complexity index is 402. The van der Waals surface area contributed by atoms with Gasteiger partial charge < -0.3 is 19.8 Å².